The largest absolute Gasteiger partial charge is 0.349 e. The molecule has 1 amide bonds. The van der Waals surface area contributed by atoms with E-state index in [-0.39, 0.29) is 5.91 Å². The molecule has 3 heterocycles. The lowest BCUT2D eigenvalue weighted by molar-refractivity contribution is 0.0922. The molecule has 0 aliphatic heterocycles. The first-order chi connectivity index (χ1) is 11.6. The van der Waals surface area contributed by atoms with Crippen molar-refractivity contribution >= 4 is 50.4 Å². The average Bonchev–Trinajstić information content (AvgIpc) is 3.15. The normalized spacial score (nSPS) is 14.8. The summed E-state index contributed by atoms with van der Waals surface area (Å²) in [6.45, 7) is 3.92. The van der Waals surface area contributed by atoms with Gasteiger partial charge in [0.05, 0.1) is 10.7 Å². The Morgan fingerprint density at radius 1 is 1.38 bits per heavy atom. The van der Waals surface area contributed by atoms with Crippen LogP contribution in [0.3, 0.4) is 0 Å². The SMILES string of the molecule is Cc1nc2sc(C(=O)NC3CCC3)c(-c3cccs3)c2c(C)c1Cl. The molecule has 1 N–H and O–H groups in total. The quantitative estimate of drug-likeness (QED) is 0.648. The molecule has 0 spiro atoms. The van der Waals surface area contributed by atoms with Crippen LogP contribution in [0.1, 0.15) is 40.2 Å². The smallest absolute Gasteiger partial charge is 0.262 e. The molecule has 0 aromatic carbocycles. The number of aromatic nitrogens is 1. The van der Waals surface area contributed by atoms with Crippen molar-refractivity contribution in [2.45, 2.75) is 39.2 Å². The van der Waals surface area contributed by atoms with Crippen molar-refractivity contribution in [1.29, 1.82) is 0 Å². The second-order valence-electron chi connectivity index (χ2n) is 6.20. The van der Waals surface area contributed by atoms with Gasteiger partial charge >= 0.3 is 0 Å². The van der Waals surface area contributed by atoms with Crippen LogP contribution < -0.4 is 5.32 Å². The van der Waals surface area contributed by atoms with E-state index >= 15 is 0 Å². The van der Waals surface area contributed by atoms with E-state index in [2.05, 4.69) is 16.4 Å². The van der Waals surface area contributed by atoms with E-state index in [1.807, 2.05) is 25.3 Å². The molecule has 0 radical (unpaired) electrons. The zero-order valence-electron chi connectivity index (χ0n) is 13.5. The Morgan fingerprint density at radius 2 is 2.17 bits per heavy atom. The Bertz CT molecular complexity index is 927. The molecule has 1 aliphatic rings. The lowest BCUT2D eigenvalue weighted by atomic mass is 9.93. The fourth-order valence-electron chi connectivity index (χ4n) is 3.05. The van der Waals surface area contributed by atoms with Crippen LogP contribution in [0.25, 0.3) is 20.7 Å². The molecule has 3 aromatic rings. The number of rotatable bonds is 3. The monoisotopic (exact) mass is 376 g/mol. The third-order valence-electron chi connectivity index (χ3n) is 4.59. The fourth-order valence-corrected chi connectivity index (χ4v) is 5.23. The maximum Gasteiger partial charge on any atom is 0.262 e. The molecule has 124 valence electrons. The van der Waals surface area contributed by atoms with E-state index in [0.29, 0.717) is 11.1 Å². The fraction of sp³-hybridized carbons (Fsp3) is 0.333. The van der Waals surface area contributed by atoms with Crippen molar-refractivity contribution in [3.63, 3.8) is 0 Å². The van der Waals surface area contributed by atoms with E-state index in [0.717, 1.165) is 49.6 Å². The molecule has 24 heavy (non-hydrogen) atoms. The van der Waals surface area contributed by atoms with E-state index in [4.69, 9.17) is 11.6 Å². The number of hydrogen-bond donors (Lipinski definition) is 1. The maximum atomic E-state index is 12.9. The molecule has 1 aliphatic carbocycles. The minimum absolute atomic E-state index is 0.0132. The molecule has 0 unspecified atom stereocenters. The number of nitrogens with zero attached hydrogens (tertiary/aromatic N) is 1. The first-order valence-corrected chi connectivity index (χ1v) is 10.1. The molecule has 1 saturated carbocycles. The third-order valence-corrected chi connectivity index (χ3v) is 7.12. The number of aryl methyl sites for hydroxylation is 2. The zero-order valence-corrected chi connectivity index (χ0v) is 15.9. The molecular formula is C18H17ClN2OS2. The van der Waals surface area contributed by atoms with Crippen molar-refractivity contribution < 1.29 is 4.79 Å². The van der Waals surface area contributed by atoms with Gasteiger partial charge in [-0.25, -0.2) is 4.98 Å². The summed E-state index contributed by atoms with van der Waals surface area (Å²) >= 11 is 9.55. The van der Waals surface area contributed by atoms with Crippen LogP contribution in [0.4, 0.5) is 0 Å². The van der Waals surface area contributed by atoms with Gasteiger partial charge in [0.1, 0.15) is 9.71 Å². The number of thiophene rings is 2. The highest BCUT2D eigenvalue weighted by Crippen LogP contribution is 2.43. The molecule has 0 saturated heterocycles. The number of amides is 1. The summed E-state index contributed by atoms with van der Waals surface area (Å²) in [5.74, 6) is 0.0132. The molecule has 6 heteroatoms. The minimum atomic E-state index is 0.0132. The number of nitrogens with one attached hydrogen (secondary N) is 1. The number of fused-ring (bicyclic) bond motifs is 1. The van der Waals surface area contributed by atoms with Crippen LogP contribution in [0.2, 0.25) is 5.02 Å². The number of halogens is 1. The topological polar surface area (TPSA) is 42.0 Å². The van der Waals surface area contributed by atoms with E-state index in [1.165, 1.54) is 17.8 Å². The van der Waals surface area contributed by atoms with Gasteiger partial charge in [-0.1, -0.05) is 17.7 Å². The van der Waals surface area contributed by atoms with Crippen molar-refractivity contribution in [3.05, 3.63) is 38.7 Å². The number of pyridine rings is 1. The van der Waals surface area contributed by atoms with Crippen LogP contribution >= 0.6 is 34.3 Å². The highest BCUT2D eigenvalue weighted by Gasteiger charge is 2.27. The second kappa shape index (κ2) is 6.14. The van der Waals surface area contributed by atoms with Gasteiger partial charge in [-0.3, -0.25) is 4.79 Å². The predicted octanol–water partition coefficient (Wildman–Crippen LogP) is 5.58. The lowest BCUT2D eigenvalue weighted by Gasteiger charge is -2.26. The predicted molar refractivity (Wildman–Crippen MR) is 103 cm³/mol. The summed E-state index contributed by atoms with van der Waals surface area (Å²) < 4.78 is 0. The van der Waals surface area contributed by atoms with Gasteiger partial charge in [0.25, 0.3) is 5.91 Å². The summed E-state index contributed by atoms with van der Waals surface area (Å²) in [6, 6.07) is 4.38. The molecule has 0 bridgehead atoms. The summed E-state index contributed by atoms with van der Waals surface area (Å²) in [6.07, 6.45) is 3.35. The van der Waals surface area contributed by atoms with E-state index < -0.39 is 0 Å². The maximum absolute atomic E-state index is 12.9. The van der Waals surface area contributed by atoms with Crippen molar-refractivity contribution in [2.24, 2.45) is 0 Å². The van der Waals surface area contributed by atoms with E-state index in [9.17, 15) is 4.79 Å². The standard InChI is InChI=1S/C18H17ClN2OS2/c1-9-13-14(12-7-4-8-23-12)16(17(22)21-11-5-3-6-11)24-18(13)20-10(2)15(9)19/h4,7-8,11H,3,5-6H2,1-2H3,(H,21,22). The lowest BCUT2D eigenvalue weighted by Crippen LogP contribution is -2.39. The molecule has 1 fully saturated rings. The number of carbonyl (C=O) groups is 1. The Morgan fingerprint density at radius 3 is 2.79 bits per heavy atom. The Balaban J connectivity index is 1.93. The number of carbonyl (C=O) groups excluding carboxylic acids is 1. The Hall–Kier alpha value is -1.43. The van der Waals surface area contributed by atoms with Gasteiger partial charge < -0.3 is 5.32 Å². The summed E-state index contributed by atoms with van der Waals surface area (Å²) in [7, 11) is 0. The van der Waals surface area contributed by atoms with Crippen LogP contribution in [0.15, 0.2) is 17.5 Å². The van der Waals surface area contributed by atoms with Gasteiger partial charge in [-0.2, -0.15) is 0 Å². The van der Waals surface area contributed by atoms with Crippen molar-refractivity contribution in [3.8, 4) is 10.4 Å². The van der Waals surface area contributed by atoms with Crippen molar-refractivity contribution in [1.82, 2.24) is 10.3 Å². The first kappa shape index (κ1) is 16.1. The summed E-state index contributed by atoms with van der Waals surface area (Å²) in [5.41, 5.74) is 2.79. The highest BCUT2D eigenvalue weighted by molar-refractivity contribution is 7.22. The van der Waals surface area contributed by atoms with Gasteiger partial charge in [0.15, 0.2) is 0 Å². The van der Waals surface area contributed by atoms with Crippen LogP contribution in [-0.2, 0) is 0 Å². The molecule has 4 rings (SSSR count). The van der Waals surface area contributed by atoms with Crippen LogP contribution in [-0.4, -0.2) is 16.9 Å². The average molecular weight is 377 g/mol. The first-order valence-electron chi connectivity index (χ1n) is 8.00. The Kier molecular flexibility index (Phi) is 4.11. The van der Waals surface area contributed by atoms with Gasteiger partial charge in [-0.05, 0) is 50.1 Å². The van der Waals surface area contributed by atoms with Crippen LogP contribution in [0, 0.1) is 13.8 Å². The molecular weight excluding hydrogens is 360 g/mol. The van der Waals surface area contributed by atoms with Gasteiger partial charge in [0, 0.05) is 21.9 Å². The molecule has 3 nitrogen and oxygen atoms in total. The zero-order chi connectivity index (χ0) is 16.8. The second-order valence-corrected chi connectivity index (χ2v) is 8.53. The van der Waals surface area contributed by atoms with E-state index in [1.54, 1.807) is 11.3 Å². The highest BCUT2D eigenvalue weighted by atomic mass is 35.5. The number of hydrogen-bond acceptors (Lipinski definition) is 4. The molecule has 0 atom stereocenters. The van der Waals surface area contributed by atoms with Crippen molar-refractivity contribution in [2.75, 3.05) is 0 Å². The third kappa shape index (κ3) is 2.55. The Labute approximate surface area is 153 Å². The van der Waals surface area contributed by atoms with Gasteiger partial charge in [0.2, 0.25) is 0 Å². The van der Waals surface area contributed by atoms with Gasteiger partial charge in [-0.15, -0.1) is 22.7 Å². The summed E-state index contributed by atoms with van der Waals surface area (Å²) in [5, 5.41) is 6.89. The van der Waals surface area contributed by atoms with Crippen LogP contribution in [0.5, 0.6) is 0 Å². The summed E-state index contributed by atoms with van der Waals surface area (Å²) in [4.78, 5) is 20.2. The molecule has 3 aromatic heterocycles. The minimum Gasteiger partial charge on any atom is -0.349 e.